The second-order valence-electron chi connectivity index (χ2n) is 7.53. The maximum absolute atomic E-state index is 12.8. The van der Waals surface area contributed by atoms with Crippen molar-refractivity contribution in [3.63, 3.8) is 0 Å². The minimum atomic E-state index is -0.491. The summed E-state index contributed by atoms with van der Waals surface area (Å²) in [5.74, 6) is 0.163. The first-order chi connectivity index (χ1) is 14.9. The summed E-state index contributed by atoms with van der Waals surface area (Å²) in [6, 6.07) is 19.0. The Morgan fingerprint density at radius 1 is 1.06 bits per heavy atom. The number of phenols is 1. The zero-order chi connectivity index (χ0) is 22.0. The van der Waals surface area contributed by atoms with Crippen molar-refractivity contribution in [2.75, 3.05) is 7.05 Å². The summed E-state index contributed by atoms with van der Waals surface area (Å²) in [7, 11) is 2.00. The zero-order valence-corrected chi connectivity index (χ0v) is 16.9. The number of aromatic hydroxyl groups is 1. The number of hydrogen-bond acceptors (Lipinski definition) is 5. The van der Waals surface area contributed by atoms with Gasteiger partial charge in [0.25, 0.3) is 5.69 Å². The highest BCUT2D eigenvalue weighted by molar-refractivity contribution is 6.15. The van der Waals surface area contributed by atoms with Crippen molar-refractivity contribution in [2.24, 2.45) is 0 Å². The SMILES string of the molecule is C[NH+](Cc1ccccc1)Cc1c(O)ccc2c1O/C(=C/c1cccc([N+](=O)[O-])c1)C2=O. The van der Waals surface area contributed by atoms with Gasteiger partial charge in [0.15, 0.2) is 11.5 Å². The van der Waals surface area contributed by atoms with E-state index >= 15 is 0 Å². The van der Waals surface area contributed by atoms with Crippen molar-refractivity contribution in [2.45, 2.75) is 13.1 Å². The molecule has 3 aromatic rings. The lowest BCUT2D eigenvalue weighted by atomic mass is 10.0. The molecule has 1 heterocycles. The fourth-order valence-electron chi connectivity index (χ4n) is 3.66. The molecule has 0 saturated carbocycles. The van der Waals surface area contributed by atoms with Gasteiger partial charge < -0.3 is 14.7 Å². The van der Waals surface area contributed by atoms with Gasteiger partial charge in [-0.25, -0.2) is 0 Å². The molecule has 0 saturated heterocycles. The van der Waals surface area contributed by atoms with Gasteiger partial charge in [0, 0.05) is 17.7 Å². The third-order valence-electron chi connectivity index (χ3n) is 5.12. The highest BCUT2D eigenvalue weighted by Gasteiger charge is 2.32. The molecule has 2 N–H and O–H groups in total. The Morgan fingerprint density at radius 2 is 1.84 bits per heavy atom. The quantitative estimate of drug-likeness (QED) is 0.365. The Bertz CT molecular complexity index is 1190. The molecule has 156 valence electrons. The van der Waals surface area contributed by atoms with Gasteiger partial charge in [0.2, 0.25) is 5.78 Å². The van der Waals surface area contributed by atoms with E-state index in [0.29, 0.717) is 29.0 Å². The van der Waals surface area contributed by atoms with Crippen LogP contribution in [0.4, 0.5) is 5.69 Å². The van der Waals surface area contributed by atoms with Gasteiger partial charge in [-0.3, -0.25) is 14.9 Å². The molecule has 0 spiro atoms. The molecule has 7 nitrogen and oxygen atoms in total. The Morgan fingerprint density at radius 3 is 2.58 bits per heavy atom. The number of quaternary nitrogens is 1. The van der Waals surface area contributed by atoms with E-state index in [0.717, 1.165) is 17.0 Å². The minimum absolute atomic E-state index is 0.0653. The third-order valence-corrected chi connectivity index (χ3v) is 5.12. The maximum Gasteiger partial charge on any atom is 0.270 e. The smallest absolute Gasteiger partial charge is 0.270 e. The van der Waals surface area contributed by atoms with E-state index in [9.17, 15) is 20.0 Å². The van der Waals surface area contributed by atoms with Crippen LogP contribution in [0.1, 0.15) is 27.0 Å². The summed E-state index contributed by atoms with van der Waals surface area (Å²) in [5, 5.41) is 21.5. The van der Waals surface area contributed by atoms with Gasteiger partial charge in [-0.1, -0.05) is 42.5 Å². The van der Waals surface area contributed by atoms with Crippen LogP contribution in [-0.4, -0.2) is 22.9 Å². The molecule has 3 aromatic carbocycles. The summed E-state index contributed by atoms with van der Waals surface area (Å²) in [5.41, 5.74) is 2.51. The Balaban J connectivity index is 1.61. The Kier molecular flexibility index (Phi) is 5.51. The highest BCUT2D eigenvalue weighted by atomic mass is 16.6. The molecule has 0 aliphatic carbocycles. The molecule has 1 aliphatic rings. The molecule has 1 unspecified atom stereocenters. The molecule has 0 amide bonds. The maximum atomic E-state index is 12.8. The van der Waals surface area contributed by atoms with Gasteiger partial charge >= 0.3 is 0 Å². The van der Waals surface area contributed by atoms with Crippen LogP contribution in [0.2, 0.25) is 0 Å². The first-order valence-electron chi connectivity index (χ1n) is 9.81. The number of allylic oxidation sites excluding steroid dienone is 1. The first-order valence-corrected chi connectivity index (χ1v) is 9.81. The first kappa shape index (κ1) is 20.3. The van der Waals surface area contributed by atoms with Crippen LogP contribution in [0.25, 0.3) is 6.08 Å². The standard InChI is InChI=1S/C24H20N2O5/c1-25(14-16-6-3-2-4-7-16)15-20-21(27)11-10-19-23(28)22(31-24(19)20)13-17-8-5-9-18(12-17)26(29)30/h2-13,27H,14-15H2,1H3/p+1/b22-13+. The number of hydrogen-bond donors (Lipinski definition) is 2. The van der Waals surface area contributed by atoms with Gasteiger partial charge in [-0.15, -0.1) is 0 Å². The molecule has 0 aromatic heterocycles. The average Bonchev–Trinajstić information content (AvgIpc) is 3.06. The number of ketones is 1. The van der Waals surface area contributed by atoms with Crippen LogP contribution >= 0.6 is 0 Å². The van der Waals surface area contributed by atoms with Crippen LogP contribution in [0, 0.1) is 10.1 Å². The number of non-ortho nitro benzene ring substituents is 1. The number of nitro groups is 1. The Hall–Kier alpha value is -3.97. The number of carbonyl (C=O) groups is 1. The third kappa shape index (κ3) is 4.31. The van der Waals surface area contributed by atoms with Crippen molar-refractivity contribution in [3.05, 3.63) is 105 Å². The molecular weight excluding hydrogens is 396 g/mol. The second-order valence-corrected chi connectivity index (χ2v) is 7.53. The van der Waals surface area contributed by atoms with Crippen LogP contribution in [0.15, 0.2) is 72.5 Å². The summed E-state index contributed by atoms with van der Waals surface area (Å²) < 4.78 is 5.85. The number of ether oxygens (including phenoxy) is 1. The lowest BCUT2D eigenvalue weighted by Gasteiger charge is -2.16. The van der Waals surface area contributed by atoms with Gasteiger partial charge in [-0.2, -0.15) is 0 Å². The molecule has 31 heavy (non-hydrogen) atoms. The van der Waals surface area contributed by atoms with E-state index in [2.05, 4.69) is 0 Å². The van der Waals surface area contributed by atoms with Crippen LogP contribution in [0.3, 0.4) is 0 Å². The number of Topliss-reactive ketones (excluding diaryl/α,β-unsaturated/α-hetero) is 1. The highest BCUT2D eigenvalue weighted by Crippen LogP contribution is 2.39. The number of nitrogens with one attached hydrogen (secondary N) is 1. The predicted molar refractivity (Wildman–Crippen MR) is 115 cm³/mol. The van der Waals surface area contributed by atoms with Crippen molar-refractivity contribution in [1.29, 1.82) is 0 Å². The van der Waals surface area contributed by atoms with Crippen molar-refractivity contribution >= 4 is 17.5 Å². The number of phenolic OH excluding ortho intramolecular Hbond substituents is 1. The summed E-state index contributed by atoms with van der Waals surface area (Å²) in [6.07, 6.45) is 1.48. The van der Waals surface area contributed by atoms with Crippen LogP contribution in [0.5, 0.6) is 11.5 Å². The van der Waals surface area contributed by atoms with Crippen molar-refractivity contribution in [1.82, 2.24) is 0 Å². The summed E-state index contributed by atoms with van der Waals surface area (Å²) in [4.78, 5) is 24.5. The average molecular weight is 417 g/mol. The normalized spacial score (nSPS) is 14.9. The van der Waals surface area contributed by atoms with Crippen molar-refractivity contribution < 1.29 is 24.5 Å². The van der Waals surface area contributed by atoms with Gasteiger partial charge in [-0.05, 0) is 23.8 Å². The fraction of sp³-hybridized carbons (Fsp3) is 0.125. The van der Waals surface area contributed by atoms with Crippen LogP contribution in [-0.2, 0) is 13.1 Å². The molecule has 0 bridgehead atoms. The van der Waals surface area contributed by atoms with Gasteiger partial charge in [0.1, 0.15) is 18.8 Å². The monoisotopic (exact) mass is 417 g/mol. The predicted octanol–water partition coefficient (Wildman–Crippen LogP) is 3.13. The van der Waals surface area contributed by atoms with Crippen LogP contribution < -0.4 is 9.64 Å². The summed E-state index contributed by atoms with van der Waals surface area (Å²) >= 11 is 0. The Labute approximate surface area is 179 Å². The fourth-order valence-corrected chi connectivity index (χ4v) is 3.66. The summed E-state index contributed by atoms with van der Waals surface area (Å²) in [6.45, 7) is 1.20. The van der Waals surface area contributed by atoms with E-state index in [1.54, 1.807) is 12.1 Å². The number of benzene rings is 3. The lowest BCUT2D eigenvalue weighted by molar-refractivity contribution is -0.907. The molecule has 1 aliphatic heterocycles. The van der Waals surface area contributed by atoms with Crippen molar-refractivity contribution in [3.8, 4) is 11.5 Å². The number of nitrogens with zero attached hydrogens (tertiary/aromatic N) is 1. The molecule has 0 radical (unpaired) electrons. The molecule has 4 rings (SSSR count). The van der Waals surface area contributed by atoms with E-state index in [-0.39, 0.29) is 23.0 Å². The topological polar surface area (TPSA) is 94.1 Å². The second kappa shape index (κ2) is 8.41. The van der Waals surface area contributed by atoms with E-state index in [1.165, 1.54) is 30.3 Å². The molecular formula is C24H21N2O5+. The molecule has 7 heteroatoms. The molecule has 0 fully saturated rings. The minimum Gasteiger partial charge on any atom is -0.507 e. The number of rotatable bonds is 6. The number of nitro benzene ring substituents is 1. The van der Waals surface area contributed by atoms with E-state index in [1.807, 2.05) is 37.4 Å². The number of fused-ring (bicyclic) bond motifs is 1. The number of carbonyl (C=O) groups excluding carboxylic acids is 1. The lowest BCUT2D eigenvalue weighted by Crippen LogP contribution is -3.06. The van der Waals surface area contributed by atoms with E-state index in [4.69, 9.17) is 4.74 Å². The largest absolute Gasteiger partial charge is 0.507 e. The van der Waals surface area contributed by atoms with Gasteiger partial charge in [0.05, 0.1) is 23.1 Å². The molecule has 1 atom stereocenters. The van der Waals surface area contributed by atoms with E-state index < -0.39 is 4.92 Å². The zero-order valence-electron chi connectivity index (χ0n) is 16.9.